The number of aromatic nitrogens is 1. The van der Waals surface area contributed by atoms with Crippen LogP contribution in [-0.4, -0.2) is 16.2 Å². The lowest BCUT2D eigenvalue weighted by Crippen LogP contribution is -1.94. The number of rotatable bonds is 2. The van der Waals surface area contributed by atoms with E-state index in [1.165, 1.54) is 0 Å². The van der Waals surface area contributed by atoms with Gasteiger partial charge in [0, 0.05) is 11.6 Å². The van der Waals surface area contributed by atoms with E-state index in [4.69, 9.17) is 5.11 Å². The summed E-state index contributed by atoms with van der Waals surface area (Å²) < 4.78 is 43.0. The topological polar surface area (TPSA) is 63.3 Å². The molecule has 17 heavy (non-hydrogen) atoms. The normalized spacial score (nSPS) is 10.5. The summed E-state index contributed by atoms with van der Waals surface area (Å²) in [4.78, 5) is 10.5. The molecule has 2 aromatic rings. The maximum Gasteiger partial charge on any atom is 0.358 e. The predicted molar refractivity (Wildman–Crippen MR) is 48.8 cm³/mol. The van der Waals surface area contributed by atoms with Crippen LogP contribution in [0.4, 0.5) is 13.2 Å². The number of nitrogens with zero attached hydrogens (tertiary/aromatic N) is 1. The van der Waals surface area contributed by atoms with Gasteiger partial charge in [-0.3, -0.25) is 0 Å². The SMILES string of the molecule is O=C(O)c1cc(-c2cc(F)c(F)c(F)c2)on1. The summed E-state index contributed by atoms with van der Waals surface area (Å²) >= 11 is 0. The first kappa shape index (κ1) is 11.2. The highest BCUT2D eigenvalue weighted by Gasteiger charge is 2.16. The molecule has 1 N–H and O–H groups in total. The Kier molecular flexibility index (Phi) is 2.58. The minimum Gasteiger partial charge on any atom is -0.476 e. The highest BCUT2D eigenvalue weighted by Crippen LogP contribution is 2.24. The number of hydrogen-bond acceptors (Lipinski definition) is 3. The van der Waals surface area contributed by atoms with Gasteiger partial charge in [0.15, 0.2) is 28.9 Å². The molecule has 1 aromatic heterocycles. The lowest BCUT2D eigenvalue weighted by Gasteiger charge is -1.98. The van der Waals surface area contributed by atoms with Crippen molar-refractivity contribution in [3.05, 3.63) is 41.3 Å². The fourth-order valence-electron chi connectivity index (χ4n) is 1.21. The Morgan fingerprint density at radius 1 is 1.18 bits per heavy atom. The van der Waals surface area contributed by atoms with Crippen LogP contribution in [-0.2, 0) is 0 Å². The molecule has 0 bridgehead atoms. The number of benzene rings is 1. The summed E-state index contributed by atoms with van der Waals surface area (Å²) in [6.07, 6.45) is 0. The third-order valence-electron chi connectivity index (χ3n) is 2.00. The third-order valence-corrected chi connectivity index (χ3v) is 2.00. The number of halogens is 3. The molecule has 0 fully saturated rings. The van der Waals surface area contributed by atoms with Gasteiger partial charge in [0.1, 0.15) is 0 Å². The monoisotopic (exact) mass is 243 g/mol. The van der Waals surface area contributed by atoms with Gasteiger partial charge in [-0.15, -0.1) is 0 Å². The summed E-state index contributed by atoms with van der Waals surface area (Å²) in [5.41, 5.74) is -0.549. The quantitative estimate of drug-likeness (QED) is 0.823. The molecule has 0 spiro atoms. The summed E-state index contributed by atoms with van der Waals surface area (Å²) in [6.45, 7) is 0. The van der Waals surface area contributed by atoms with E-state index in [1.54, 1.807) is 0 Å². The van der Waals surface area contributed by atoms with E-state index in [0.29, 0.717) is 12.1 Å². The molecule has 0 saturated carbocycles. The molecule has 2 rings (SSSR count). The molecule has 1 aromatic carbocycles. The molecule has 1 heterocycles. The van der Waals surface area contributed by atoms with Crippen LogP contribution in [0.15, 0.2) is 22.7 Å². The third kappa shape index (κ3) is 1.99. The predicted octanol–water partition coefficient (Wildman–Crippen LogP) is 2.46. The van der Waals surface area contributed by atoms with Crippen LogP contribution in [0.25, 0.3) is 11.3 Å². The number of carboxylic acids is 1. The Hall–Kier alpha value is -2.31. The Labute approximate surface area is 92.3 Å². The van der Waals surface area contributed by atoms with Crippen molar-refractivity contribution in [3.8, 4) is 11.3 Å². The second-order valence-electron chi connectivity index (χ2n) is 3.14. The van der Waals surface area contributed by atoms with Crippen LogP contribution in [0.2, 0.25) is 0 Å². The van der Waals surface area contributed by atoms with Crippen LogP contribution in [0, 0.1) is 17.5 Å². The summed E-state index contributed by atoms with van der Waals surface area (Å²) in [6, 6.07) is 2.35. The van der Waals surface area contributed by atoms with Crippen LogP contribution in [0.1, 0.15) is 10.5 Å². The van der Waals surface area contributed by atoms with Gasteiger partial charge in [-0.1, -0.05) is 5.16 Å². The first-order valence-electron chi connectivity index (χ1n) is 4.34. The highest BCUT2D eigenvalue weighted by molar-refractivity contribution is 5.86. The molecule has 0 unspecified atom stereocenters. The van der Waals surface area contributed by atoms with E-state index < -0.39 is 29.1 Å². The fourth-order valence-corrected chi connectivity index (χ4v) is 1.21. The number of carboxylic acid groups (broad SMARTS) is 1. The molecule has 0 aliphatic heterocycles. The Morgan fingerprint density at radius 3 is 2.24 bits per heavy atom. The van der Waals surface area contributed by atoms with Crippen molar-refractivity contribution in [1.29, 1.82) is 0 Å². The van der Waals surface area contributed by atoms with Crippen molar-refractivity contribution >= 4 is 5.97 Å². The minimum atomic E-state index is -1.60. The zero-order chi connectivity index (χ0) is 12.6. The van der Waals surface area contributed by atoms with E-state index in [1.807, 2.05) is 0 Å². The van der Waals surface area contributed by atoms with Gasteiger partial charge in [-0.05, 0) is 12.1 Å². The van der Waals surface area contributed by atoms with E-state index in [0.717, 1.165) is 6.07 Å². The molecule has 0 aliphatic carbocycles. The van der Waals surface area contributed by atoms with Gasteiger partial charge in [0.25, 0.3) is 0 Å². The van der Waals surface area contributed by atoms with Gasteiger partial charge in [-0.25, -0.2) is 18.0 Å². The Morgan fingerprint density at radius 2 is 1.76 bits per heavy atom. The van der Waals surface area contributed by atoms with Gasteiger partial charge < -0.3 is 9.63 Å². The molecule has 0 radical (unpaired) electrons. The fraction of sp³-hybridized carbons (Fsp3) is 0. The molecule has 0 amide bonds. The second-order valence-corrected chi connectivity index (χ2v) is 3.14. The largest absolute Gasteiger partial charge is 0.476 e. The van der Waals surface area contributed by atoms with Crippen LogP contribution < -0.4 is 0 Å². The zero-order valence-corrected chi connectivity index (χ0v) is 8.08. The maximum absolute atomic E-state index is 12.9. The van der Waals surface area contributed by atoms with Crippen molar-refractivity contribution in [2.24, 2.45) is 0 Å². The second kappa shape index (κ2) is 3.93. The number of carbonyl (C=O) groups is 1. The lowest BCUT2D eigenvalue weighted by atomic mass is 10.1. The smallest absolute Gasteiger partial charge is 0.358 e. The Balaban J connectivity index is 2.49. The molecule has 0 saturated heterocycles. The van der Waals surface area contributed by atoms with Crippen LogP contribution in [0.3, 0.4) is 0 Å². The molecule has 0 aliphatic rings. The molecule has 0 atom stereocenters. The molecular weight excluding hydrogens is 239 g/mol. The Bertz CT molecular complexity index is 571. The number of hydrogen-bond donors (Lipinski definition) is 1. The van der Waals surface area contributed by atoms with Crippen molar-refractivity contribution in [3.63, 3.8) is 0 Å². The van der Waals surface area contributed by atoms with Gasteiger partial charge >= 0.3 is 5.97 Å². The van der Waals surface area contributed by atoms with Crippen LogP contribution in [0.5, 0.6) is 0 Å². The summed E-state index contributed by atoms with van der Waals surface area (Å²) in [7, 11) is 0. The summed E-state index contributed by atoms with van der Waals surface area (Å²) in [5, 5.41) is 11.7. The zero-order valence-electron chi connectivity index (χ0n) is 8.08. The van der Waals surface area contributed by atoms with E-state index in [9.17, 15) is 18.0 Å². The average Bonchev–Trinajstić information content (AvgIpc) is 2.74. The standard InChI is InChI=1S/C10H4F3NO3/c11-5-1-4(2-6(12)9(5)13)8-3-7(10(15)16)14-17-8/h1-3H,(H,15,16). The lowest BCUT2D eigenvalue weighted by molar-refractivity contribution is 0.0686. The van der Waals surface area contributed by atoms with Crippen molar-refractivity contribution in [2.75, 3.05) is 0 Å². The minimum absolute atomic E-state index is 0.138. The first-order chi connectivity index (χ1) is 7.99. The highest BCUT2D eigenvalue weighted by atomic mass is 19.2. The van der Waals surface area contributed by atoms with Crippen molar-refractivity contribution < 1.29 is 27.6 Å². The average molecular weight is 243 g/mol. The van der Waals surface area contributed by atoms with E-state index in [-0.39, 0.29) is 11.3 Å². The molecule has 88 valence electrons. The van der Waals surface area contributed by atoms with Crippen molar-refractivity contribution in [1.82, 2.24) is 5.16 Å². The number of aromatic carboxylic acids is 1. The van der Waals surface area contributed by atoms with Gasteiger partial charge in [-0.2, -0.15) is 0 Å². The van der Waals surface area contributed by atoms with Crippen LogP contribution >= 0.6 is 0 Å². The van der Waals surface area contributed by atoms with Crippen molar-refractivity contribution in [2.45, 2.75) is 0 Å². The maximum atomic E-state index is 12.9. The molecular formula is C10H4F3NO3. The van der Waals surface area contributed by atoms with E-state index >= 15 is 0 Å². The van der Waals surface area contributed by atoms with Gasteiger partial charge in [0.05, 0.1) is 0 Å². The van der Waals surface area contributed by atoms with E-state index in [2.05, 4.69) is 9.68 Å². The molecule has 7 heteroatoms. The molecule has 4 nitrogen and oxygen atoms in total. The first-order valence-corrected chi connectivity index (χ1v) is 4.34. The summed E-state index contributed by atoms with van der Waals surface area (Å²) in [5.74, 6) is -5.91. The van der Waals surface area contributed by atoms with Gasteiger partial charge in [0.2, 0.25) is 0 Å².